The fourth-order valence-electron chi connectivity index (χ4n) is 6.33. The third-order valence-electron chi connectivity index (χ3n) is 8.52. The molecule has 3 aromatic rings. The number of fused-ring (bicyclic) bond motifs is 1. The normalized spacial score (nSPS) is 20.0. The Labute approximate surface area is 230 Å². The molecule has 3 fully saturated rings. The Morgan fingerprint density at radius 1 is 1.00 bits per heavy atom. The molecule has 0 atom stereocenters. The average Bonchev–Trinajstić information content (AvgIpc) is 3.39. The molecular weight excluding hydrogens is 494 g/mol. The van der Waals surface area contributed by atoms with E-state index in [1.807, 2.05) is 18.2 Å². The van der Waals surface area contributed by atoms with E-state index in [0.717, 1.165) is 80.8 Å². The van der Waals surface area contributed by atoms with Gasteiger partial charge >= 0.3 is 6.03 Å². The van der Waals surface area contributed by atoms with Crippen LogP contribution >= 0.6 is 0 Å². The van der Waals surface area contributed by atoms with Crippen LogP contribution in [0.1, 0.15) is 51.4 Å². The molecule has 39 heavy (non-hydrogen) atoms. The van der Waals surface area contributed by atoms with Crippen LogP contribution in [0.4, 0.5) is 16.3 Å². The molecule has 3 aliphatic rings. The third kappa shape index (κ3) is 5.21. The zero-order valence-electron chi connectivity index (χ0n) is 22.1. The Balaban J connectivity index is 0.00000194. The number of likely N-dealkylation sites (tertiary alicyclic amines) is 1. The van der Waals surface area contributed by atoms with Gasteiger partial charge in [0, 0.05) is 72.4 Å². The van der Waals surface area contributed by atoms with Gasteiger partial charge in [0.05, 0.1) is 16.8 Å². The van der Waals surface area contributed by atoms with Crippen molar-refractivity contribution in [3.63, 3.8) is 0 Å². The van der Waals surface area contributed by atoms with Crippen molar-refractivity contribution in [3.8, 4) is 0 Å². The lowest BCUT2D eigenvalue weighted by Gasteiger charge is -2.38. The molecule has 0 saturated carbocycles. The maximum Gasteiger partial charge on any atom is 0.328 e. The molecule has 0 bridgehead atoms. The van der Waals surface area contributed by atoms with Crippen molar-refractivity contribution in [2.24, 2.45) is 11.7 Å². The summed E-state index contributed by atoms with van der Waals surface area (Å²) in [4.78, 5) is 46.4. The van der Waals surface area contributed by atoms with Gasteiger partial charge in [-0.3, -0.25) is 19.8 Å². The van der Waals surface area contributed by atoms with Crippen LogP contribution in [0, 0.1) is 5.92 Å². The lowest BCUT2D eigenvalue weighted by molar-refractivity contribution is -0.120. The molecule has 3 N–H and O–H groups in total. The summed E-state index contributed by atoms with van der Waals surface area (Å²) >= 11 is 0. The number of benzene rings is 1. The molecule has 2 aromatic heterocycles. The standard InChI is InChI=1S/C29H35N7O3.2H2/c30-28(38)21-4-5-26(31-18-21)34-14-6-20(7-15-34)19-33-12-8-22(9-13-33)35-16-10-23-24(35)2-1-3-25(23)36-17-11-27(37)32-29(36)39;;/h1-5,10,16,18,20,22H,6-9,11-15,17,19H2,(H2,30,38)(H,32,37,39);2*1H. The number of urea groups is 1. The fourth-order valence-corrected chi connectivity index (χ4v) is 6.33. The Morgan fingerprint density at radius 2 is 1.79 bits per heavy atom. The highest BCUT2D eigenvalue weighted by atomic mass is 16.2. The van der Waals surface area contributed by atoms with E-state index in [-0.39, 0.29) is 14.8 Å². The lowest BCUT2D eigenvalue weighted by atomic mass is 9.94. The van der Waals surface area contributed by atoms with E-state index >= 15 is 0 Å². The molecule has 10 nitrogen and oxygen atoms in total. The molecule has 208 valence electrons. The number of amides is 4. The summed E-state index contributed by atoms with van der Waals surface area (Å²) in [5, 5.41) is 3.48. The number of nitrogens with two attached hydrogens (primary N) is 1. The first kappa shape index (κ1) is 25.4. The third-order valence-corrected chi connectivity index (χ3v) is 8.52. The summed E-state index contributed by atoms with van der Waals surface area (Å²) in [6.45, 7) is 5.66. The summed E-state index contributed by atoms with van der Waals surface area (Å²) in [5.74, 6) is 0.930. The van der Waals surface area contributed by atoms with Gasteiger partial charge in [-0.2, -0.15) is 0 Å². The summed E-state index contributed by atoms with van der Waals surface area (Å²) in [5.41, 5.74) is 7.77. The van der Waals surface area contributed by atoms with Crippen molar-refractivity contribution in [2.45, 2.75) is 38.1 Å². The zero-order valence-corrected chi connectivity index (χ0v) is 22.1. The minimum absolute atomic E-state index is 0. The van der Waals surface area contributed by atoms with Gasteiger partial charge in [0.15, 0.2) is 0 Å². The molecule has 0 unspecified atom stereocenters. The number of aromatic nitrogens is 2. The fraction of sp³-hybridized carbons (Fsp3) is 0.448. The minimum Gasteiger partial charge on any atom is -0.366 e. The number of nitrogens with one attached hydrogen (secondary N) is 1. The number of carbonyl (C=O) groups is 3. The second-order valence-electron chi connectivity index (χ2n) is 10.9. The number of nitrogens with zero attached hydrogens (tertiary/aromatic N) is 5. The second kappa shape index (κ2) is 10.7. The van der Waals surface area contributed by atoms with Crippen molar-refractivity contribution < 1.29 is 17.2 Å². The maximum atomic E-state index is 12.4. The molecule has 0 radical (unpaired) electrons. The van der Waals surface area contributed by atoms with Crippen LogP contribution in [-0.2, 0) is 4.79 Å². The molecule has 0 aliphatic carbocycles. The molecule has 1 aromatic carbocycles. The van der Waals surface area contributed by atoms with Gasteiger partial charge < -0.3 is 20.1 Å². The number of hydrogen-bond acceptors (Lipinski definition) is 6. The summed E-state index contributed by atoms with van der Waals surface area (Å²) in [7, 11) is 0. The van der Waals surface area contributed by atoms with E-state index in [2.05, 4.69) is 43.0 Å². The largest absolute Gasteiger partial charge is 0.366 e. The number of anilines is 2. The Kier molecular flexibility index (Phi) is 6.95. The van der Waals surface area contributed by atoms with Gasteiger partial charge in [0.2, 0.25) is 11.8 Å². The van der Waals surface area contributed by atoms with E-state index in [9.17, 15) is 14.4 Å². The predicted molar refractivity (Wildman–Crippen MR) is 154 cm³/mol. The number of carbonyl (C=O) groups excluding carboxylic acids is 3. The number of piperidine rings is 2. The SMILES string of the molecule is NC(=O)c1ccc(N2CCC(CN3CCC(n4ccc5c(N6CCC(=O)NC6=O)cccc54)CC3)CC2)nc1.[HH].[HH]. The topological polar surface area (TPSA) is 117 Å². The molecule has 5 heterocycles. The number of imide groups is 1. The van der Waals surface area contributed by atoms with Gasteiger partial charge in [-0.05, 0) is 61.9 Å². The van der Waals surface area contributed by atoms with Crippen LogP contribution in [0.25, 0.3) is 10.9 Å². The molecular formula is C29H39N7O3. The number of primary amides is 1. The molecule has 3 saturated heterocycles. The highest BCUT2D eigenvalue weighted by molar-refractivity contribution is 6.09. The summed E-state index contributed by atoms with van der Waals surface area (Å²) in [6, 6.07) is 11.9. The maximum absolute atomic E-state index is 12.4. The van der Waals surface area contributed by atoms with Crippen LogP contribution in [0.2, 0.25) is 0 Å². The van der Waals surface area contributed by atoms with E-state index in [1.54, 1.807) is 17.2 Å². The van der Waals surface area contributed by atoms with Crippen molar-refractivity contribution in [1.29, 1.82) is 0 Å². The van der Waals surface area contributed by atoms with E-state index in [0.29, 0.717) is 30.5 Å². The van der Waals surface area contributed by atoms with Crippen molar-refractivity contribution in [2.75, 3.05) is 49.1 Å². The van der Waals surface area contributed by atoms with E-state index < -0.39 is 5.91 Å². The summed E-state index contributed by atoms with van der Waals surface area (Å²) in [6.07, 6.45) is 8.51. The number of hydrogen-bond donors (Lipinski definition) is 2. The monoisotopic (exact) mass is 533 g/mol. The molecule has 6 rings (SSSR count). The average molecular weight is 534 g/mol. The molecule has 3 aliphatic heterocycles. The minimum atomic E-state index is -0.448. The van der Waals surface area contributed by atoms with Crippen molar-refractivity contribution in [3.05, 3.63) is 54.4 Å². The molecule has 0 spiro atoms. The van der Waals surface area contributed by atoms with Gasteiger partial charge in [0.1, 0.15) is 5.82 Å². The highest BCUT2D eigenvalue weighted by Gasteiger charge is 2.28. The Hall–Kier alpha value is -3.92. The van der Waals surface area contributed by atoms with Crippen LogP contribution in [0.15, 0.2) is 48.8 Å². The van der Waals surface area contributed by atoms with E-state index in [4.69, 9.17) is 5.73 Å². The second-order valence-corrected chi connectivity index (χ2v) is 10.9. The van der Waals surface area contributed by atoms with Crippen LogP contribution < -0.4 is 20.9 Å². The first-order valence-electron chi connectivity index (χ1n) is 13.9. The lowest BCUT2D eigenvalue weighted by Crippen LogP contribution is -2.49. The van der Waals surface area contributed by atoms with E-state index in [1.165, 1.54) is 0 Å². The highest BCUT2D eigenvalue weighted by Crippen LogP contribution is 2.34. The number of pyridine rings is 1. The van der Waals surface area contributed by atoms with Gasteiger partial charge in [-0.1, -0.05) is 6.07 Å². The predicted octanol–water partition coefficient (Wildman–Crippen LogP) is 3.63. The zero-order chi connectivity index (χ0) is 26.9. The smallest absolute Gasteiger partial charge is 0.328 e. The van der Waals surface area contributed by atoms with Crippen molar-refractivity contribution >= 4 is 40.3 Å². The van der Waals surface area contributed by atoms with Crippen LogP contribution in [0.5, 0.6) is 0 Å². The van der Waals surface area contributed by atoms with Crippen LogP contribution in [0.3, 0.4) is 0 Å². The van der Waals surface area contributed by atoms with Crippen LogP contribution in [-0.4, -0.2) is 71.6 Å². The van der Waals surface area contributed by atoms with Gasteiger partial charge in [0.25, 0.3) is 0 Å². The van der Waals surface area contributed by atoms with Crippen molar-refractivity contribution in [1.82, 2.24) is 19.8 Å². The number of rotatable bonds is 6. The molecule has 4 amide bonds. The molecule has 10 heteroatoms. The Morgan fingerprint density at radius 3 is 2.49 bits per heavy atom. The quantitative estimate of drug-likeness (QED) is 0.500. The Bertz CT molecular complexity index is 1380. The van der Waals surface area contributed by atoms with Gasteiger partial charge in [-0.15, -0.1) is 0 Å². The summed E-state index contributed by atoms with van der Waals surface area (Å²) < 4.78 is 2.37. The first-order valence-corrected chi connectivity index (χ1v) is 13.9. The first-order chi connectivity index (χ1) is 19.0. The van der Waals surface area contributed by atoms with Gasteiger partial charge in [-0.25, -0.2) is 9.78 Å².